The Kier molecular flexibility index (Phi) is 13.5. The zero-order valence-corrected chi connectivity index (χ0v) is 22.0. The Morgan fingerprint density at radius 3 is 2.27 bits per heavy atom. The van der Waals surface area contributed by atoms with Crippen LogP contribution in [0.2, 0.25) is 0 Å². The highest BCUT2D eigenvalue weighted by molar-refractivity contribution is 14.0. The van der Waals surface area contributed by atoms with Gasteiger partial charge in [0.15, 0.2) is 5.96 Å². The van der Waals surface area contributed by atoms with Crippen molar-refractivity contribution in [3.8, 4) is 0 Å². The van der Waals surface area contributed by atoms with Crippen molar-refractivity contribution in [3.05, 3.63) is 29.6 Å². The predicted octanol–water partition coefficient (Wildman–Crippen LogP) is 3.17. The molecule has 0 atom stereocenters. The van der Waals surface area contributed by atoms with E-state index in [2.05, 4.69) is 52.9 Å². The van der Waals surface area contributed by atoms with Gasteiger partial charge in [0, 0.05) is 38.8 Å². The number of rotatable bonds is 11. The molecule has 0 unspecified atom stereocenters. The highest BCUT2D eigenvalue weighted by Crippen LogP contribution is 2.14. The van der Waals surface area contributed by atoms with Gasteiger partial charge < -0.3 is 10.6 Å². The van der Waals surface area contributed by atoms with Gasteiger partial charge in [-0.1, -0.05) is 6.07 Å². The molecule has 0 radical (unpaired) electrons. The van der Waals surface area contributed by atoms with Crippen LogP contribution < -0.4 is 15.4 Å². The Hall–Kier alpha value is -1.14. The minimum atomic E-state index is -3.59. The van der Waals surface area contributed by atoms with Gasteiger partial charge in [0.25, 0.3) is 0 Å². The molecule has 1 rings (SSSR count). The lowest BCUT2D eigenvalue weighted by Gasteiger charge is -2.30. The summed E-state index contributed by atoms with van der Waals surface area (Å²) in [4.78, 5) is 6.54. The van der Waals surface area contributed by atoms with Crippen LogP contribution in [-0.4, -0.2) is 63.8 Å². The summed E-state index contributed by atoms with van der Waals surface area (Å²) in [7, 11) is -1.95. The first-order chi connectivity index (χ1) is 13.6. The number of halogens is 2. The zero-order valence-electron chi connectivity index (χ0n) is 18.8. The van der Waals surface area contributed by atoms with Crippen molar-refractivity contribution in [1.82, 2.24) is 15.5 Å². The van der Waals surface area contributed by atoms with Gasteiger partial charge in [-0.05, 0) is 58.7 Å². The van der Waals surface area contributed by atoms with Crippen molar-refractivity contribution in [1.29, 1.82) is 0 Å². The standard InChI is InChI=1S/C20H36FN5O2S.HI/c1-15(2)26(16(3)4)12-7-10-23-20(22-6)24-11-13-29(27,28)25-18-9-8-17(5)19(21)14-18;/h8-9,14-16,25H,7,10-13H2,1-6H3,(H2,22,23,24);1H. The molecule has 7 nitrogen and oxygen atoms in total. The van der Waals surface area contributed by atoms with Crippen molar-refractivity contribution in [2.75, 3.05) is 37.2 Å². The SMILES string of the molecule is CN=C(NCCCN(C(C)C)C(C)C)NCCS(=O)(=O)Nc1ccc(C)c(F)c1.I. The van der Waals surface area contributed by atoms with Gasteiger partial charge in [0.2, 0.25) is 10.0 Å². The highest BCUT2D eigenvalue weighted by Gasteiger charge is 2.13. The van der Waals surface area contributed by atoms with Crippen LogP contribution in [0.5, 0.6) is 0 Å². The van der Waals surface area contributed by atoms with Crippen LogP contribution in [0.3, 0.4) is 0 Å². The second-order valence-electron chi connectivity index (χ2n) is 7.59. The Labute approximate surface area is 198 Å². The lowest BCUT2D eigenvalue weighted by Crippen LogP contribution is -2.42. The molecule has 30 heavy (non-hydrogen) atoms. The molecule has 0 aliphatic heterocycles. The van der Waals surface area contributed by atoms with Gasteiger partial charge >= 0.3 is 0 Å². The summed E-state index contributed by atoms with van der Waals surface area (Å²) < 4.78 is 40.3. The zero-order chi connectivity index (χ0) is 22.0. The largest absolute Gasteiger partial charge is 0.356 e. The van der Waals surface area contributed by atoms with E-state index < -0.39 is 15.8 Å². The van der Waals surface area contributed by atoms with E-state index in [0.717, 1.165) is 19.5 Å². The summed E-state index contributed by atoms with van der Waals surface area (Å²) in [5, 5.41) is 6.20. The number of aryl methyl sites for hydroxylation is 1. The van der Waals surface area contributed by atoms with Crippen molar-refractivity contribution in [2.45, 2.75) is 53.1 Å². The third-order valence-electron chi connectivity index (χ3n) is 4.54. The summed E-state index contributed by atoms with van der Waals surface area (Å²) in [6, 6.07) is 5.25. The summed E-state index contributed by atoms with van der Waals surface area (Å²) in [6.45, 7) is 12.3. The number of guanidine groups is 1. The first kappa shape index (κ1) is 28.9. The molecular formula is C20H37FIN5O2S. The van der Waals surface area contributed by atoms with Crippen LogP contribution in [-0.2, 0) is 10.0 Å². The van der Waals surface area contributed by atoms with E-state index >= 15 is 0 Å². The van der Waals surface area contributed by atoms with Gasteiger partial charge in [-0.3, -0.25) is 14.6 Å². The molecule has 0 bridgehead atoms. The Morgan fingerprint density at radius 1 is 1.13 bits per heavy atom. The number of sulfonamides is 1. The second kappa shape index (κ2) is 14.0. The van der Waals surface area contributed by atoms with Crippen LogP contribution in [0, 0.1) is 12.7 Å². The minimum Gasteiger partial charge on any atom is -0.356 e. The summed E-state index contributed by atoms with van der Waals surface area (Å²) in [5.41, 5.74) is 0.685. The number of nitrogens with one attached hydrogen (secondary N) is 3. The molecule has 3 N–H and O–H groups in total. The third kappa shape index (κ3) is 10.8. The molecule has 0 saturated carbocycles. The monoisotopic (exact) mass is 557 g/mol. The van der Waals surface area contributed by atoms with Crippen molar-refractivity contribution < 1.29 is 12.8 Å². The molecule has 1 aromatic rings. The molecule has 0 amide bonds. The fourth-order valence-corrected chi connectivity index (χ4v) is 3.95. The predicted molar refractivity (Wildman–Crippen MR) is 135 cm³/mol. The van der Waals surface area contributed by atoms with E-state index in [-0.39, 0.29) is 42.0 Å². The smallest absolute Gasteiger partial charge is 0.234 e. The Morgan fingerprint density at radius 2 is 1.73 bits per heavy atom. The molecule has 0 fully saturated rings. The molecule has 0 saturated heterocycles. The van der Waals surface area contributed by atoms with E-state index in [1.807, 2.05) is 0 Å². The number of anilines is 1. The molecular weight excluding hydrogens is 520 g/mol. The number of nitrogens with zero attached hydrogens (tertiary/aromatic N) is 2. The van der Waals surface area contributed by atoms with Gasteiger partial charge in [0.05, 0.1) is 11.4 Å². The molecule has 174 valence electrons. The fourth-order valence-electron chi connectivity index (χ4n) is 2.99. The molecule has 10 heteroatoms. The third-order valence-corrected chi connectivity index (χ3v) is 5.83. The number of benzene rings is 1. The number of aliphatic imine (C=N–C) groups is 1. The van der Waals surface area contributed by atoms with Crippen molar-refractivity contribution >= 4 is 45.6 Å². The van der Waals surface area contributed by atoms with E-state index in [4.69, 9.17) is 0 Å². The summed E-state index contributed by atoms with van der Waals surface area (Å²) in [5.74, 6) is -0.0406. The highest BCUT2D eigenvalue weighted by atomic mass is 127. The Balaban J connectivity index is 0.00000841. The van der Waals surface area contributed by atoms with Gasteiger partial charge in [-0.2, -0.15) is 0 Å². The normalized spacial score (nSPS) is 12.3. The van der Waals surface area contributed by atoms with Gasteiger partial charge in [-0.15, -0.1) is 24.0 Å². The van der Waals surface area contributed by atoms with Crippen LogP contribution >= 0.6 is 24.0 Å². The van der Waals surface area contributed by atoms with Gasteiger partial charge in [-0.25, -0.2) is 12.8 Å². The average Bonchev–Trinajstić information content (AvgIpc) is 2.62. The van der Waals surface area contributed by atoms with E-state index in [1.54, 1.807) is 20.0 Å². The Bertz CT molecular complexity index is 764. The quantitative estimate of drug-likeness (QED) is 0.169. The minimum absolute atomic E-state index is 0. The van der Waals surface area contributed by atoms with E-state index in [0.29, 0.717) is 23.6 Å². The topological polar surface area (TPSA) is 85.8 Å². The molecule has 0 aliphatic carbocycles. The molecule has 0 aliphatic rings. The van der Waals surface area contributed by atoms with Crippen LogP contribution in [0.4, 0.5) is 10.1 Å². The maximum Gasteiger partial charge on any atom is 0.234 e. The molecule has 1 aromatic carbocycles. The molecule has 0 heterocycles. The fraction of sp³-hybridized carbons (Fsp3) is 0.650. The maximum absolute atomic E-state index is 13.6. The second-order valence-corrected chi connectivity index (χ2v) is 9.43. The molecule has 0 spiro atoms. The van der Waals surface area contributed by atoms with Crippen LogP contribution in [0.25, 0.3) is 0 Å². The first-order valence-corrected chi connectivity index (χ1v) is 11.7. The maximum atomic E-state index is 13.6. The number of hydrogen-bond donors (Lipinski definition) is 3. The van der Waals surface area contributed by atoms with Gasteiger partial charge in [0.1, 0.15) is 5.82 Å². The van der Waals surface area contributed by atoms with Crippen molar-refractivity contribution in [2.24, 2.45) is 4.99 Å². The lowest BCUT2D eigenvalue weighted by molar-refractivity contribution is 0.173. The van der Waals surface area contributed by atoms with Crippen LogP contribution in [0.15, 0.2) is 23.2 Å². The van der Waals surface area contributed by atoms with E-state index in [1.165, 1.54) is 12.1 Å². The summed E-state index contributed by atoms with van der Waals surface area (Å²) >= 11 is 0. The number of hydrogen-bond acceptors (Lipinski definition) is 4. The van der Waals surface area contributed by atoms with Crippen molar-refractivity contribution in [3.63, 3.8) is 0 Å². The van der Waals surface area contributed by atoms with E-state index in [9.17, 15) is 12.8 Å². The molecule has 0 aromatic heterocycles. The summed E-state index contributed by atoms with van der Waals surface area (Å²) in [6.07, 6.45) is 0.954. The first-order valence-electron chi connectivity index (χ1n) is 10.0. The average molecular weight is 558 g/mol. The lowest BCUT2D eigenvalue weighted by atomic mass is 10.2. The van der Waals surface area contributed by atoms with Crippen LogP contribution in [0.1, 0.15) is 39.7 Å².